The lowest BCUT2D eigenvalue weighted by Gasteiger charge is -2.16. The molecule has 1 amide bonds. The van der Waals surface area contributed by atoms with Crippen molar-refractivity contribution in [2.45, 2.75) is 12.1 Å². The summed E-state index contributed by atoms with van der Waals surface area (Å²) in [6, 6.07) is 10.5. The van der Waals surface area contributed by atoms with Crippen molar-refractivity contribution in [2.24, 2.45) is 0 Å². The molecule has 1 heterocycles. The fourth-order valence-electron chi connectivity index (χ4n) is 1.72. The van der Waals surface area contributed by atoms with E-state index in [1.165, 1.54) is 11.3 Å². The van der Waals surface area contributed by atoms with Gasteiger partial charge in [0.15, 0.2) is 12.1 Å². The van der Waals surface area contributed by atoms with Gasteiger partial charge in [-0.2, -0.15) is 0 Å². The Morgan fingerprint density at radius 2 is 1.80 bits per heavy atom. The Balaban J connectivity index is 2.11. The number of aliphatic hydroxyl groups excluding tert-OH is 1. The number of aliphatic hydroxyl groups is 1. The van der Waals surface area contributed by atoms with Gasteiger partial charge in [-0.15, -0.1) is 11.3 Å². The zero-order valence-electron chi connectivity index (χ0n) is 10.4. The minimum Gasteiger partial charge on any atom is -0.479 e. The number of carboxylic acid groups (broad SMARTS) is 1. The summed E-state index contributed by atoms with van der Waals surface area (Å²) in [5, 5.41) is 23.1. The van der Waals surface area contributed by atoms with Gasteiger partial charge in [-0.3, -0.25) is 4.79 Å². The largest absolute Gasteiger partial charge is 0.479 e. The van der Waals surface area contributed by atoms with Gasteiger partial charge in [-0.05, 0) is 17.0 Å². The molecule has 104 valence electrons. The monoisotopic (exact) mass is 291 g/mol. The molecule has 3 N–H and O–H groups in total. The summed E-state index contributed by atoms with van der Waals surface area (Å²) >= 11 is 1.23. The maximum absolute atomic E-state index is 11.9. The van der Waals surface area contributed by atoms with Gasteiger partial charge in [-0.25, -0.2) is 4.79 Å². The molecule has 1 aromatic carbocycles. The number of hydrogen-bond acceptors (Lipinski definition) is 4. The average molecular weight is 291 g/mol. The van der Waals surface area contributed by atoms with Gasteiger partial charge in [-0.1, -0.05) is 36.4 Å². The van der Waals surface area contributed by atoms with E-state index in [2.05, 4.69) is 5.32 Å². The van der Waals surface area contributed by atoms with E-state index in [0.717, 1.165) is 0 Å². The topological polar surface area (TPSA) is 86.6 Å². The van der Waals surface area contributed by atoms with Crippen LogP contribution in [0.4, 0.5) is 0 Å². The number of aliphatic carboxylic acids is 1. The third-order valence-electron chi connectivity index (χ3n) is 2.72. The summed E-state index contributed by atoms with van der Waals surface area (Å²) in [5.41, 5.74) is 0.417. The Hall–Kier alpha value is -2.18. The van der Waals surface area contributed by atoms with Crippen molar-refractivity contribution in [1.82, 2.24) is 5.32 Å². The fourth-order valence-corrected chi connectivity index (χ4v) is 2.49. The normalized spacial score (nSPS) is 13.4. The molecule has 2 unspecified atom stereocenters. The molecule has 0 aliphatic carbocycles. The lowest BCUT2D eigenvalue weighted by atomic mass is 10.1. The summed E-state index contributed by atoms with van der Waals surface area (Å²) in [4.78, 5) is 23.6. The van der Waals surface area contributed by atoms with Crippen LogP contribution in [0.25, 0.3) is 0 Å². The first-order valence-electron chi connectivity index (χ1n) is 5.89. The summed E-state index contributed by atoms with van der Waals surface area (Å²) in [7, 11) is 0. The summed E-state index contributed by atoms with van der Waals surface area (Å²) in [5.74, 6) is -1.90. The van der Waals surface area contributed by atoms with Crippen LogP contribution >= 0.6 is 11.3 Å². The molecule has 2 atom stereocenters. The van der Waals surface area contributed by atoms with Crippen LogP contribution in [0.5, 0.6) is 0 Å². The number of hydrogen-bond donors (Lipinski definition) is 3. The molecule has 0 aliphatic rings. The smallest absolute Gasteiger partial charge is 0.331 e. The number of thiophene rings is 1. The van der Waals surface area contributed by atoms with Gasteiger partial charge in [0, 0.05) is 4.88 Å². The Morgan fingerprint density at radius 3 is 2.35 bits per heavy atom. The van der Waals surface area contributed by atoms with E-state index in [0.29, 0.717) is 10.4 Å². The van der Waals surface area contributed by atoms with Gasteiger partial charge in [0.1, 0.15) is 0 Å². The van der Waals surface area contributed by atoms with E-state index in [1.54, 1.807) is 47.8 Å². The van der Waals surface area contributed by atoms with Crippen LogP contribution in [0.2, 0.25) is 0 Å². The molecule has 1 aromatic heterocycles. The molecule has 0 aliphatic heterocycles. The number of carboxylic acids is 1. The van der Waals surface area contributed by atoms with Crippen molar-refractivity contribution in [3.63, 3.8) is 0 Å². The molecule has 20 heavy (non-hydrogen) atoms. The van der Waals surface area contributed by atoms with Crippen molar-refractivity contribution in [3.05, 3.63) is 58.3 Å². The zero-order chi connectivity index (χ0) is 14.5. The molecule has 2 aromatic rings. The summed E-state index contributed by atoms with van der Waals surface area (Å²) < 4.78 is 0. The van der Waals surface area contributed by atoms with Gasteiger partial charge >= 0.3 is 5.97 Å². The SMILES string of the molecule is O=C(NC(C(=O)O)c1cccs1)C(O)c1ccccc1. The number of carbonyl (C=O) groups excluding carboxylic acids is 1. The van der Waals surface area contributed by atoms with E-state index in [9.17, 15) is 14.7 Å². The van der Waals surface area contributed by atoms with Crippen molar-refractivity contribution >= 4 is 23.2 Å². The third kappa shape index (κ3) is 3.23. The Bertz CT molecular complexity index is 582. The quantitative estimate of drug-likeness (QED) is 0.783. The lowest BCUT2D eigenvalue weighted by Crippen LogP contribution is -2.36. The summed E-state index contributed by atoms with van der Waals surface area (Å²) in [6.45, 7) is 0. The van der Waals surface area contributed by atoms with E-state index in [4.69, 9.17) is 5.11 Å². The molecule has 5 nitrogen and oxygen atoms in total. The number of nitrogens with one attached hydrogen (secondary N) is 1. The van der Waals surface area contributed by atoms with Crippen LogP contribution in [0.1, 0.15) is 22.6 Å². The van der Waals surface area contributed by atoms with Gasteiger partial charge in [0.25, 0.3) is 5.91 Å². The Kier molecular flexibility index (Phi) is 4.49. The predicted molar refractivity (Wildman–Crippen MR) is 74.2 cm³/mol. The second-order valence-corrected chi connectivity index (χ2v) is 5.09. The Morgan fingerprint density at radius 1 is 1.10 bits per heavy atom. The predicted octanol–water partition coefficient (Wildman–Crippen LogP) is 1.72. The van der Waals surface area contributed by atoms with Crippen LogP contribution in [-0.4, -0.2) is 22.1 Å². The van der Waals surface area contributed by atoms with Crippen LogP contribution in [0.15, 0.2) is 47.8 Å². The maximum atomic E-state index is 11.9. The van der Waals surface area contributed by atoms with Gasteiger partial charge < -0.3 is 15.5 Å². The molecule has 0 spiro atoms. The van der Waals surface area contributed by atoms with Crippen molar-refractivity contribution < 1.29 is 19.8 Å². The zero-order valence-corrected chi connectivity index (χ0v) is 11.2. The van der Waals surface area contributed by atoms with Crippen molar-refractivity contribution in [3.8, 4) is 0 Å². The van der Waals surface area contributed by atoms with Gasteiger partial charge in [0.05, 0.1) is 0 Å². The minimum atomic E-state index is -1.39. The first kappa shape index (κ1) is 14.2. The second-order valence-electron chi connectivity index (χ2n) is 4.11. The highest BCUT2D eigenvalue weighted by Gasteiger charge is 2.26. The van der Waals surface area contributed by atoms with Crippen LogP contribution < -0.4 is 5.32 Å². The maximum Gasteiger partial charge on any atom is 0.331 e. The highest BCUT2D eigenvalue weighted by atomic mass is 32.1. The molecular formula is C14H13NO4S. The molecule has 0 saturated carbocycles. The molecular weight excluding hydrogens is 278 g/mol. The lowest BCUT2D eigenvalue weighted by molar-refractivity contribution is -0.143. The highest BCUT2D eigenvalue weighted by molar-refractivity contribution is 7.10. The minimum absolute atomic E-state index is 0.417. The molecule has 0 radical (unpaired) electrons. The van der Waals surface area contributed by atoms with E-state index < -0.39 is 24.0 Å². The molecule has 2 rings (SSSR count). The molecule has 0 fully saturated rings. The molecule has 0 saturated heterocycles. The Labute approximate surface area is 119 Å². The van der Waals surface area contributed by atoms with Crippen LogP contribution in [-0.2, 0) is 9.59 Å². The van der Waals surface area contributed by atoms with Crippen molar-refractivity contribution in [1.29, 1.82) is 0 Å². The van der Waals surface area contributed by atoms with E-state index >= 15 is 0 Å². The molecule has 0 bridgehead atoms. The molecule has 6 heteroatoms. The summed E-state index contributed by atoms with van der Waals surface area (Å²) in [6.07, 6.45) is -1.39. The second kappa shape index (κ2) is 6.31. The van der Waals surface area contributed by atoms with Gasteiger partial charge in [0.2, 0.25) is 0 Å². The van der Waals surface area contributed by atoms with E-state index in [-0.39, 0.29) is 0 Å². The number of carbonyl (C=O) groups is 2. The highest BCUT2D eigenvalue weighted by Crippen LogP contribution is 2.21. The number of benzene rings is 1. The van der Waals surface area contributed by atoms with Crippen molar-refractivity contribution in [2.75, 3.05) is 0 Å². The van der Waals surface area contributed by atoms with E-state index in [1.807, 2.05) is 0 Å². The average Bonchev–Trinajstić information content (AvgIpc) is 2.98. The van der Waals surface area contributed by atoms with Crippen LogP contribution in [0, 0.1) is 0 Å². The van der Waals surface area contributed by atoms with Crippen LogP contribution in [0.3, 0.4) is 0 Å². The first-order chi connectivity index (χ1) is 9.59. The standard InChI is InChI=1S/C14H13NO4S/c16-12(9-5-2-1-3-6-9)13(17)15-11(14(18)19)10-7-4-8-20-10/h1-8,11-12,16H,(H,15,17)(H,18,19). The fraction of sp³-hybridized carbons (Fsp3) is 0.143. The third-order valence-corrected chi connectivity index (χ3v) is 3.66. The number of amides is 1. The number of rotatable bonds is 5. The first-order valence-corrected chi connectivity index (χ1v) is 6.77.